The highest BCUT2D eigenvalue weighted by molar-refractivity contribution is 14.1. The van der Waals surface area contributed by atoms with E-state index in [1.807, 2.05) is 40.8 Å². The van der Waals surface area contributed by atoms with Crippen molar-refractivity contribution in [1.82, 2.24) is 9.97 Å². The smallest absolute Gasteiger partial charge is 0.264 e. The first-order valence-corrected chi connectivity index (χ1v) is 8.06. The van der Waals surface area contributed by atoms with Crippen molar-refractivity contribution < 1.29 is 4.74 Å². The molecule has 2 aromatic rings. The molecule has 0 saturated heterocycles. The normalized spacial score (nSPS) is 10.6. The molecule has 0 aliphatic carbocycles. The van der Waals surface area contributed by atoms with Gasteiger partial charge in [-0.25, -0.2) is 4.98 Å². The highest BCUT2D eigenvalue weighted by atomic mass is 127. The molecule has 0 fully saturated rings. The summed E-state index contributed by atoms with van der Waals surface area (Å²) in [6.45, 7) is 2.07. The Morgan fingerprint density at radius 3 is 2.80 bits per heavy atom. The predicted octanol–water partition coefficient (Wildman–Crippen LogP) is 3.77. The molecule has 6 heteroatoms. The number of hydrogen-bond donors (Lipinski definition) is 1. The topological polar surface area (TPSA) is 55.0 Å². The molecule has 0 bridgehead atoms. The molecular weight excluding hydrogens is 435 g/mol. The van der Waals surface area contributed by atoms with Crippen LogP contribution in [0.1, 0.15) is 19.0 Å². The van der Waals surface area contributed by atoms with Gasteiger partial charge in [0.15, 0.2) is 0 Å². The quantitative estimate of drug-likeness (QED) is 0.724. The summed E-state index contributed by atoms with van der Waals surface area (Å²) in [5.74, 6) is 1.33. The van der Waals surface area contributed by atoms with Crippen molar-refractivity contribution in [3.05, 3.63) is 42.3 Å². The number of nitrogens with zero attached hydrogens (tertiary/aromatic N) is 1. The van der Waals surface area contributed by atoms with E-state index in [1.54, 1.807) is 7.11 Å². The van der Waals surface area contributed by atoms with Crippen molar-refractivity contribution in [2.75, 3.05) is 7.11 Å². The van der Waals surface area contributed by atoms with Gasteiger partial charge in [-0.05, 0) is 63.1 Å². The number of nitrogens with one attached hydrogen (secondary N) is 1. The summed E-state index contributed by atoms with van der Waals surface area (Å²) < 4.78 is 6.70. The molecule has 106 valence electrons. The van der Waals surface area contributed by atoms with Gasteiger partial charge in [0.05, 0.1) is 20.8 Å². The summed E-state index contributed by atoms with van der Waals surface area (Å²) >= 11 is 5.49. The van der Waals surface area contributed by atoms with Crippen LogP contribution in [0.15, 0.2) is 27.5 Å². The van der Waals surface area contributed by atoms with Gasteiger partial charge < -0.3 is 9.72 Å². The van der Waals surface area contributed by atoms with Gasteiger partial charge in [0.25, 0.3) is 5.56 Å². The second-order valence-electron chi connectivity index (χ2n) is 4.27. The molecule has 0 spiro atoms. The Labute approximate surface area is 139 Å². The first-order valence-electron chi connectivity index (χ1n) is 6.19. The second-order valence-corrected chi connectivity index (χ2v) is 6.21. The van der Waals surface area contributed by atoms with E-state index in [0.717, 1.165) is 34.3 Å². The summed E-state index contributed by atoms with van der Waals surface area (Å²) in [5.41, 5.74) is 1.60. The third-order valence-electron chi connectivity index (χ3n) is 2.84. The van der Waals surface area contributed by atoms with Gasteiger partial charge in [-0.2, -0.15) is 0 Å². The van der Waals surface area contributed by atoms with Crippen LogP contribution in [0.5, 0.6) is 5.75 Å². The van der Waals surface area contributed by atoms with E-state index in [1.165, 1.54) is 0 Å². The average molecular weight is 449 g/mol. The minimum Gasteiger partial charge on any atom is -0.496 e. The van der Waals surface area contributed by atoms with Gasteiger partial charge in [-0.15, -0.1) is 0 Å². The monoisotopic (exact) mass is 448 g/mol. The van der Waals surface area contributed by atoms with Crippen molar-refractivity contribution in [3.8, 4) is 17.1 Å². The zero-order valence-electron chi connectivity index (χ0n) is 11.2. The maximum atomic E-state index is 12.0. The SMILES string of the molecule is CCCc1nc(-c2ccc(OC)c(Br)c2)[nH]c(=O)c1I. The molecule has 0 radical (unpaired) electrons. The van der Waals surface area contributed by atoms with Crippen molar-refractivity contribution in [1.29, 1.82) is 0 Å². The Morgan fingerprint density at radius 1 is 1.45 bits per heavy atom. The van der Waals surface area contributed by atoms with Crippen molar-refractivity contribution >= 4 is 38.5 Å². The molecule has 0 aliphatic heterocycles. The van der Waals surface area contributed by atoms with Crippen LogP contribution in [0.3, 0.4) is 0 Å². The Balaban J connectivity index is 2.52. The lowest BCUT2D eigenvalue weighted by molar-refractivity contribution is 0.412. The number of aryl methyl sites for hydroxylation is 1. The Bertz CT molecular complexity index is 685. The number of aromatic nitrogens is 2. The minimum absolute atomic E-state index is 0.0917. The van der Waals surface area contributed by atoms with E-state index in [2.05, 4.69) is 32.8 Å². The highest BCUT2D eigenvalue weighted by Crippen LogP contribution is 2.29. The largest absolute Gasteiger partial charge is 0.496 e. The van der Waals surface area contributed by atoms with Crippen LogP contribution in [-0.2, 0) is 6.42 Å². The molecule has 0 saturated carbocycles. The number of H-pyrrole nitrogens is 1. The van der Waals surface area contributed by atoms with Gasteiger partial charge in [0.2, 0.25) is 0 Å². The summed E-state index contributed by atoms with van der Waals surface area (Å²) in [4.78, 5) is 19.4. The van der Waals surface area contributed by atoms with E-state index in [4.69, 9.17) is 4.74 Å². The summed E-state index contributed by atoms with van der Waals surface area (Å²) in [5, 5.41) is 0. The van der Waals surface area contributed by atoms with E-state index in [9.17, 15) is 4.79 Å². The zero-order valence-corrected chi connectivity index (χ0v) is 14.9. The number of hydrogen-bond acceptors (Lipinski definition) is 3. The first kappa shape index (κ1) is 15.5. The van der Waals surface area contributed by atoms with Gasteiger partial charge in [-0.3, -0.25) is 4.79 Å². The summed E-state index contributed by atoms with van der Waals surface area (Å²) in [6, 6.07) is 5.61. The molecule has 1 heterocycles. The molecular formula is C14H14BrIN2O2. The van der Waals surface area contributed by atoms with Crippen molar-refractivity contribution in [3.63, 3.8) is 0 Å². The van der Waals surface area contributed by atoms with Crippen LogP contribution in [0.4, 0.5) is 0 Å². The van der Waals surface area contributed by atoms with Crippen LogP contribution in [-0.4, -0.2) is 17.1 Å². The zero-order chi connectivity index (χ0) is 14.7. The third kappa shape index (κ3) is 3.22. The predicted molar refractivity (Wildman–Crippen MR) is 91.3 cm³/mol. The maximum absolute atomic E-state index is 12.0. The summed E-state index contributed by atoms with van der Waals surface area (Å²) in [6.07, 6.45) is 1.75. The van der Waals surface area contributed by atoms with E-state index >= 15 is 0 Å². The maximum Gasteiger partial charge on any atom is 0.264 e. The Kier molecular flexibility index (Phi) is 5.20. The first-order chi connectivity index (χ1) is 9.56. The standard InChI is InChI=1S/C14H14BrIN2O2/c1-3-4-10-12(16)14(19)18-13(17-10)8-5-6-11(20-2)9(15)7-8/h5-7H,3-4H2,1-2H3,(H,17,18,19). The third-order valence-corrected chi connectivity index (χ3v) is 4.58. The lowest BCUT2D eigenvalue weighted by Gasteiger charge is -2.08. The lowest BCUT2D eigenvalue weighted by Crippen LogP contribution is -2.16. The lowest BCUT2D eigenvalue weighted by atomic mass is 10.2. The fraction of sp³-hybridized carbons (Fsp3) is 0.286. The molecule has 20 heavy (non-hydrogen) atoms. The highest BCUT2D eigenvalue weighted by Gasteiger charge is 2.11. The number of aromatic amines is 1. The number of ether oxygens (including phenoxy) is 1. The van der Waals surface area contributed by atoms with Crippen molar-refractivity contribution in [2.45, 2.75) is 19.8 Å². The molecule has 0 atom stereocenters. The van der Waals surface area contributed by atoms with Gasteiger partial charge in [0.1, 0.15) is 11.6 Å². The van der Waals surface area contributed by atoms with E-state index in [0.29, 0.717) is 9.39 Å². The van der Waals surface area contributed by atoms with E-state index in [-0.39, 0.29) is 5.56 Å². The van der Waals surface area contributed by atoms with Gasteiger partial charge in [0, 0.05) is 5.56 Å². The molecule has 0 amide bonds. The fourth-order valence-corrected chi connectivity index (χ4v) is 2.92. The molecule has 0 unspecified atom stereocenters. The van der Waals surface area contributed by atoms with Crippen LogP contribution < -0.4 is 10.3 Å². The molecule has 1 N–H and O–H groups in total. The Morgan fingerprint density at radius 2 is 2.20 bits per heavy atom. The molecule has 1 aromatic heterocycles. The van der Waals surface area contributed by atoms with Crippen LogP contribution in [0.2, 0.25) is 0 Å². The number of methoxy groups -OCH3 is 1. The van der Waals surface area contributed by atoms with Crippen LogP contribution >= 0.6 is 38.5 Å². The van der Waals surface area contributed by atoms with Crippen molar-refractivity contribution in [2.24, 2.45) is 0 Å². The fourth-order valence-electron chi connectivity index (χ4n) is 1.86. The van der Waals surface area contributed by atoms with Gasteiger partial charge >= 0.3 is 0 Å². The molecule has 2 rings (SSSR count). The molecule has 0 aliphatic rings. The van der Waals surface area contributed by atoms with E-state index < -0.39 is 0 Å². The molecule has 4 nitrogen and oxygen atoms in total. The summed E-state index contributed by atoms with van der Waals surface area (Å²) in [7, 11) is 1.62. The van der Waals surface area contributed by atoms with Crippen LogP contribution in [0, 0.1) is 3.57 Å². The number of benzene rings is 1. The van der Waals surface area contributed by atoms with Gasteiger partial charge in [-0.1, -0.05) is 13.3 Å². The Hall–Kier alpha value is -0.890. The molecule has 1 aromatic carbocycles. The average Bonchev–Trinajstić information content (AvgIpc) is 2.43. The second kappa shape index (κ2) is 6.71. The van der Waals surface area contributed by atoms with Crippen LogP contribution in [0.25, 0.3) is 11.4 Å². The minimum atomic E-state index is -0.0917. The number of rotatable bonds is 4. The number of halogens is 2.